The number of benzene rings is 6. The third-order valence-corrected chi connectivity index (χ3v) is 9.17. The van der Waals surface area contributed by atoms with Crippen LogP contribution in [-0.4, -0.2) is 8.80 Å². The molecule has 11 rings (SSSR count). The second-order valence-corrected chi connectivity index (χ2v) is 10.9. The Hall–Kier alpha value is -5.28. The monoisotopic (exact) mass is 494 g/mol. The summed E-state index contributed by atoms with van der Waals surface area (Å²) in [6, 6.07) is 39.9. The highest BCUT2D eigenvalue weighted by Crippen LogP contribution is 2.46. The van der Waals surface area contributed by atoms with Crippen molar-refractivity contribution in [1.29, 1.82) is 0 Å². The summed E-state index contributed by atoms with van der Waals surface area (Å²) in [6.45, 7) is 0. The van der Waals surface area contributed by atoms with Gasteiger partial charge in [-0.15, -0.1) is 0 Å². The standard InChI is InChI=1S/C36H18N2O/c1-3-13-28-20(8-1)22-10-6-12-25-33-30(37(28)35(22)25)16-15-24-27-17-26-23-11-5-9-21-19-7-2-4-14-29(19)38(34(21)23)31(26)18-32(27)39-36(24)33/h1-18H. The zero-order valence-electron chi connectivity index (χ0n) is 20.7. The molecule has 0 atom stereocenters. The lowest BCUT2D eigenvalue weighted by molar-refractivity contribution is 0.673. The lowest BCUT2D eigenvalue weighted by atomic mass is 10.0. The number of fused-ring (bicyclic) bond motifs is 16. The Labute approximate surface area is 220 Å². The smallest absolute Gasteiger partial charge is 0.145 e. The molecule has 3 heteroatoms. The van der Waals surface area contributed by atoms with Gasteiger partial charge in [0.2, 0.25) is 0 Å². The Morgan fingerprint density at radius 1 is 0.385 bits per heavy atom. The van der Waals surface area contributed by atoms with Crippen LogP contribution < -0.4 is 0 Å². The molecule has 5 heterocycles. The molecule has 5 aromatic heterocycles. The molecule has 3 nitrogen and oxygen atoms in total. The van der Waals surface area contributed by atoms with Gasteiger partial charge in [-0.2, -0.15) is 0 Å². The largest absolute Gasteiger partial charge is 0.455 e. The van der Waals surface area contributed by atoms with Gasteiger partial charge in [0.05, 0.1) is 38.5 Å². The number of rotatable bonds is 0. The van der Waals surface area contributed by atoms with E-state index in [4.69, 9.17) is 4.42 Å². The van der Waals surface area contributed by atoms with Crippen LogP contribution in [0.2, 0.25) is 0 Å². The first-order valence-corrected chi connectivity index (χ1v) is 13.5. The maximum absolute atomic E-state index is 6.82. The molecule has 0 aliphatic heterocycles. The second-order valence-electron chi connectivity index (χ2n) is 10.9. The van der Waals surface area contributed by atoms with Crippen LogP contribution in [0, 0.1) is 0 Å². The molecule has 0 radical (unpaired) electrons. The van der Waals surface area contributed by atoms with Crippen molar-refractivity contribution in [1.82, 2.24) is 8.80 Å². The van der Waals surface area contributed by atoms with Crippen molar-refractivity contribution in [2.45, 2.75) is 0 Å². The minimum absolute atomic E-state index is 0.935. The SMILES string of the molecule is c1ccc2c(c1)c1cccc3c4cc5c(cc4n2c13)oc1c5ccc2c1c1cccc3c4ccccc4n2c31. The average molecular weight is 495 g/mol. The van der Waals surface area contributed by atoms with E-state index in [0.717, 1.165) is 11.2 Å². The fraction of sp³-hybridized carbons (Fsp3) is 0. The molecule has 0 bridgehead atoms. The predicted octanol–water partition coefficient (Wildman–Crippen LogP) is 9.89. The summed E-state index contributed by atoms with van der Waals surface area (Å²) in [6.07, 6.45) is 0. The number of hydrogen-bond acceptors (Lipinski definition) is 1. The predicted molar refractivity (Wildman–Crippen MR) is 163 cm³/mol. The minimum Gasteiger partial charge on any atom is -0.455 e. The van der Waals surface area contributed by atoms with Crippen LogP contribution in [0.1, 0.15) is 0 Å². The van der Waals surface area contributed by atoms with E-state index in [1.54, 1.807) is 0 Å². The van der Waals surface area contributed by atoms with Crippen LogP contribution in [0.3, 0.4) is 0 Å². The molecule has 0 spiro atoms. The van der Waals surface area contributed by atoms with Gasteiger partial charge in [0.15, 0.2) is 0 Å². The van der Waals surface area contributed by atoms with Crippen LogP contribution in [-0.2, 0) is 0 Å². The summed E-state index contributed by atoms with van der Waals surface area (Å²) in [7, 11) is 0. The minimum atomic E-state index is 0.935. The van der Waals surface area contributed by atoms with Gasteiger partial charge in [0.1, 0.15) is 11.2 Å². The Morgan fingerprint density at radius 2 is 0.974 bits per heavy atom. The third kappa shape index (κ3) is 1.95. The van der Waals surface area contributed by atoms with Gasteiger partial charge >= 0.3 is 0 Å². The molecule has 0 saturated heterocycles. The van der Waals surface area contributed by atoms with Crippen molar-refractivity contribution in [2.75, 3.05) is 0 Å². The van der Waals surface area contributed by atoms with E-state index in [2.05, 4.69) is 118 Å². The van der Waals surface area contributed by atoms with Crippen LogP contribution in [0.5, 0.6) is 0 Å². The first-order chi connectivity index (χ1) is 19.4. The van der Waals surface area contributed by atoms with Crippen molar-refractivity contribution in [3.8, 4) is 0 Å². The summed E-state index contributed by atoms with van der Waals surface area (Å²) < 4.78 is 11.7. The van der Waals surface area contributed by atoms with Crippen molar-refractivity contribution >= 4 is 98.1 Å². The van der Waals surface area contributed by atoms with Crippen LogP contribution in [0.25, 0.3) is 98.1 Å². The van der Waals surface area contributed by atoms with Crippen molar-refractivity contribution < 1.29 is 4.42 Å². The first kappa shape index (κ1) is 18.9. The lowest BCUT2D eigenvalue weighted by Crippen LogP contribution is -1.80. The highest BCUT2D eigenvalue weighted by atomic mass is 16.3. The maximum atomic E-state index is 6.82. The van der Waals surface area contributed by atoms with Gasteiger partial charge in [-0.25, -0.2) is 0 Å². The van der Waals surface area contributed by atoms with Gasteiger partial charge in [0, 0.05) is 54.5 Å². The molecular formula is C36H18N2O. The lowest BCUT2D eigenvalue weighted by Gasteiger charge is -1.98. The van der Waals surface area contributed by atoms with E-state index in [0.29, 0.717) is 0 Å². The number of furan rings is 1. The van der Waals surface area contributed by atoms with Crippen LogP contribution in [0.15, 0.2) is 114 Å². The Morgan fingerprint density at radius 3 is 1.72 bits per heavy atom. The fourth-order valence-electron chi connectivity index (χ4n) is 7.67. The first-order valence-electron chi connectivity index (χ1n) is 13.5. The molecule has 178 valence electrons. The van der Waals surface area contributed by atoms with Gasteiger partial charge in [0.25, 0.3) is 0 Å². The summed E-state index contributed by atoms with van der Waals surface area (Å²) in [5.74, 6) is 0. The van der Waals surface area contributed by atoms with Gasteiger partial charge < -0.3 is 13.2 Å². The number of hydrogen-bond donors (Lipinski definition) is 0. The third-order valence-electron chi connectivity index (χ3n) is 9.17. The van der Waals surface area contributed by atoms with Crippen molar-refractivity contribution in [3.05, 3.63) is 109 Å². The summed E-state index contributed by atoms with van der Waals surface area (Å²) in [5.41, 5.74) is 9.37. The van der Waals surface area contributed by atoms with E-state index in [-0.39, 0.29) is 0 Å². The normalized spacial score (nSPS) is 13.1. The van der Waals surface area contributed by atoms with Gasteiger partial charge in [-0.05, 0) is 30.3 Å². The molecule has 11 aromatic rings. The van der Waals surface area contributed by atoms with Crippen LogP contribution >= 0.6 is 0 Å². The quantitative estimate of drug-likeness (QED) is 0.206. The fourth-order valence-corrected chi connectivity index (χ4v) is 7.67. The summed E-state index contributed by atoms with van der Waals surface area (Å²) >= 11 is 0. The van der Waals surface area contributed by atoms with Crippen molar-refractivity contribution in [2.24, 2.45) is 0 Å². The maximum Gasteiger partial charge on any atom is 0.145 e. The molecule has 0 aliphatic rings. The van der Waals surface area contributed by atoms with E-state index in [1.807, 2.05) is 0 Å². The molecule has 39 heavy (non-hydrogen) atoms. The van der Waals surface area contributed by atoms with Gasteiger partial charge in [-0.1, -0.05) is 72.8 Å². The van der Waals surface area contributed by atoms with E-state index >= 15 is 0 Å². The van der Waals surface area contributed by atoms with E-state index in [9.17, 15) is 0 Å². The molecule has 6 aromatic carbocycles. The molecule has 0 aliphatic carbocycles. The molecule has 0 N–H and O–H groups in total. The zero-order valence-corrected chi connectivity index (χ0v) is 20.7. The highest BCUT2D eigenvalue weighted by Gasteiger charge is 2.23. The average Bonchev–Trinajstić information content (AvgIpc) is 3.76. The van der Waals surface area contributed by atoms with Crippen LogP contribution in [0.4, 0.5) is 0 Å². The Bertz CT molecular complexity index is 2820. The van der Waals surface area contributed by atoms with E-state index < -0.39 is 0 Å². The summed E-state index contributed by atoms with van der Waals surface area (Å²) in [4.78, 5) is 0. The van der Waals surface area contributed by atoms with E-state index in [1.165, 1.54) is 87.0 Å². The molecule has 0 saturated carbocycles. The molecule has 0 amide bonds. The second kappa shape index (κ2) is 6.06. The number of aromatic nitrogens is 2. The Balaban J connectivity index is 1.36. The zero-order chi connectivity index (χ0) is 25.0. The summed E-state index contributed by atoms with van der Waals surface area (Å²) in [5, 5.41) is 12.6. The topological polar surface area (TPSA) is 22.0 Å². The molecule has 0 fully saturated rings. The van der Waals surface area contributed by atoms with Gasteiger partial charge in [-0.3, -0.25) is 0 Å². The highest BCUT2D eigenvalue weighted by molar-refractivity contribution is 6.31. The number of para-hydroxylation sites is 4. The number of nitrogens with zero attached hydrogens (tertiary/aromatic N) is 2. The molecular weight excluding hydrogens is 476 g/mol. The Kier molecular flexibility index (Phi) is 2.93. The molecule has 0 unspecified atom stereocenters. The van der Waals surface area contributed by atoms with Crippen molar-refractivity contribution in [3.63, 3.8) is 0 Å².